The minimum absolute atomic E-state index is 0.0488. The van der Waals surface area contributed by atoms with Crippen LogP contribution in [0, 0.1) is 16.9 Å². The van der Waals surface area contributed by atoms with Gasteiger partial charge in [-0.05, 0) is 60.2 Å². The minimum Gasteiger partial charge on any atom is -0.619 e. The molecule has 0 N–H and O–H groups in total. The van der Waals surface area contributed by atoms with Crippen molar-refractivity contribution in [3.63, 3.8) is 0 Å². The smallest absolute Gasteiger partial charge is 0.406 e. The molecule has 0 spiro atoms. The van der Waals surface area contributed by atoms with Gasteiger partial charge in [0.05, 0.1) is 12.2 Å². The fourth-order valence-electron chi connectivity index (χ4n) is 5.04. The van der Waals surface area contributed by atoms with Crippen molar-refractivity contribution >= 4 is 23.3 Å². The molecule has 10 heteroatoms. The Labute approximate surface area is 203 Å². The fraction of sp³-hybridized carbons (Fsp3) is 0.280. The van der Waals surface area contributed by atoms with E-state index in [0.29, 0.717) is 45.0 Å². The van der Waals surface area contributed by atoms with Crippen LogP contribution in [0.5, 0.6) is 0 Å². The van der Waals surface area contributed by atoms with Crippen molar-refractivity contribution in [1.29, 1.82) is 0 Å². The Morgan fingerprint density at radius 2 is 1.71 bits per heavy atom. The van der Waals surface area contributed by atoms with Crippen LogP contribution in [0.4, 0.5) is 28.0 Å². The second kappa shape index (κ2) is 8.41. The van der Waals surface area contributed by atoms with Gasteiger partial charge < -0.3 is 10.1 Å². The third kappa shape index (κ3) is 4.18. The summed E-state index contributed by atoms with van der Waals surface area (Å²) in [6, 6.07) is 12.2. The number of carbonyl (C=O) groups is 1. The van der Waals surface area contributed by atoms with E-state index >= 15 is 0 Å². The number of benzene rings is 2. The molecule has 1 aliphatic heterocycles. The van der Waals surface area contributed by atoms with Crippen LogP contribution in [-0.2, 0) is 12.1 Å². The predicted molar refractivity (Wildman–Crippen MR) is 121 cm³/mol. The summed E-state index contributed by atoms with van der Waals surface area (Å²) in [5.74, 6) is -0.827. The molecule has 1 unspecified atom stereocenters. The Bertz CT molecular complexity index is 1260. The minimum atomic E-state index is -4.68. The molecule has 182 valence electrons. The topological polar surface area (TPSA) is 50.5 Å². The summed E-state index contributed by atoms with van der Waals surface area (Å²) in [6.07, 6.45) is -0.960. The first-order chi connectivity index (χ1) is 16.6. The Kier molecular flexibility index (Phi) is 5.62. The number of rotatable bonds is 5. The van der Waals surface area contributed by atoms with E-state index in [9.17, 15) is 27.6 Å². The molecule has 5 rings (SSSR count). The van der Waals surface area contributed by atoms with Gasteiger partial charge in [-0.25, -0.2) is 9.18 Å². The number of hydrogen-bond donors (Lipinski definition) is 0. The molecule has 5 nitrogen and oxygen atoms in total. The van der Waals surface area contributed by atoms with Crippen molar-refractivity contribution in [2.75, 3.05) is 11.4 Å². The normalized spacial score (nSPS) is 20.2. The zero-order valence-corrected chi connectivity index (χ0v) is 19.1. The first kappa shape index (κ1) is 23.4. The number of halogens is 5. The number of anilines is 1. The Morgan fingerprint density at radius 3 is 2.31 bits per heavy atom. The van der Waals surface area contributed by atoms with Gasteiger partial charge in [0.25, 0.3) is 0 Å². The lowest BCUT2D eigenvalue weighted by atomic mass is 9.74. The fourth-order valence-corrected chi connectivity index (χ4v) is 5.21. The van der Waals surface area contributed by atoms with Crippen molar-refractivity contribution < 1.29 is 27.1 Å². The van der Waals surface area contributed by atoms with Gasteiger partial charge in [0, 0.05) is 22.7 Å². The van der Waals surface area contributed by atoms with Crippen LogP contribution in [0.1, 0.15) is 29.5 Å². The van der Waals surface area contributed by atoms with Crippen molar-refractivity contribution in [2.45, 2.75) is 31.1 Å². The lowest BCUT2D eigenvalue weighted by Crippen LogP contribution is -2.62. The van der Waals surface area contributed by atoms with Crippen molar-refractivity contribution in [1.82, 2.24) is 4.90 Å². The van der Waals surface area contributed by atoms with Gasteiger partial charge in [-0.15, -0.1) is 0 Å². The van der Waals surface area contributed by atoms with Crippen LogP contribution in [0.2, 0.25) is 5.02 Å². The highest BCUT2D eigenvalue weighted by Gasteiger charge is 2.60. The lowest BCUT2D eigenvalue weighted by molar-refractivity contribution is -0.605. The highest BCUT2D eigenvalue weighted by Crippen LogP contribution is 2.58. The third-order valence-corrected chi connectivity index (χ3v) is 6.78. The zero-order chi connectivity index (χ0) is 25.0. The van der Waals surface area contributed by atoms with E-state index < -0.39 is 30.1 Å². The molecule has 1 fully saturated rings. The Morgan fingerprint density at radius 1 is 1.06 bits per heavy atom. The molecule has 0 bridgehead atoms. The largest absolute Gasteiger partial charge is 0.619 e. The molecule has 2 heterocycles. The summed E-state index contributed by atoms with van der Waals surface area (Å²) in [5, 5.41) is 11.7. The number of urea groups is 1. The van der Waals surface area contributed by atoms with Gasteiger partial charge in [0.2, 0.25) is 0 Å². The van der Waals surface area contributed by atoms with E-state index in [1.807, 2.05) is 0 Å². The van der Waals surface area contributed by atoms with Gasteiger partial charge in [0.1, 0.15) is 17.9 Å². The SMILES string of the molecule is O=C1N(Cc2cc[n+]([O-])cc2)c2ccc(Cl)cc2C(c2ccc(F)cc2)(C2CC2)N1CC(F)(F)F. The van der Waals surface area contributed by atoms with E-state index in [1.54, 1.807) is 18.2 Å². The summed E-state index contributed by atoms with van der Waals surface area (Å²) >= 11 is 6.34. The average molecular weight is 506 g/mol. The Hall–Kier alpha value is -3.33. The standard InChI is InChI=1S/C25H20ClF4N3O2/c26-19-5-8-22-21(13-19)25(17-1-2-17,18-3-6-20(27)7-4-18)33(15-24(28,29)30)23(34)32(22)14-16-9-11-31(35)12-10-16/h3-13,17H,1-2,14-15H2. The molecule has 1 saturated carbocycles. The first-order valence-electron chi connectivity index (χ1n) is 11.0. The van der Waals surface area contributed by atoms with E-state index in [4.69, 9.17) is 11.6 Å². The quantitative estimate of drug-likeness (QED) is 0.251. The number of pyridine rings is 1. The highest BCUT2D eigenvalue weighted by molar-refractivity contribution is 6.30. The first-order valence-corrected chi connectivity index (χ1v) is 11.4. The summed E-state index contributed by atoms with van der Waals surface area (Å²) in [7, 11) is 0. The van der Waals surface area contributed by atoms with Crippen molar-refractivity contribution in [2.24, 2.45) is 5.92 Å². The monoisotopic (exact) mass is 505 g/mol. The van der Waals surface area contributed by atoms with Crippen LogP contribution >= 0.6 is 11.6 Å². The van der Waals surface area contributed by atoms with Gasteiger partial charge >= 0.3 is 12.2 Å². The summed E-state index contributed by atoms with van der Waals surface area (Å²) in [6.45, 7) is -1.54. The zero-order valence-electron chi connectivity index (χ0n) is 18.3. The second-order valence-electron chi connectivity index (χ2n) is 8.85. The Balaban J connectivity index is 1.75. The van der Waals surface area contributed by atoms with Crippen molar-refractivity contribution in [3.8, 4) is 0 Å². The molecular weight excluding hydrogens is 486 g/mol. The molecule has 1 aliphatic carbocycles. The molecule has 2 aliphatic rings. The molecule has 1 atom stereocenters. The maximum atomic E-state index is 13.9. The number of hydrogen-bond acceptors (Lipinski definition) is 2. The van der Waals surface area contributed by atoms with E-state index in [-0.39, 0.29) is 12.5 Å². The number of fused-ring (bicyclic) bond motifs is 1. The number of amides is 2. The maximum Gasteiger partial charge on any atom is 0.406 e. The van der Waals surface area contributed by atoms with Crippen LogP contribution in [0.3, 0.4) is 0 Å². The number of aromatic nitrogens is 1. The van der Waals surface area contributed by atoms with E-state index in [2.05, 4.69) is 0 Å². The molecular formula is C25H20ClF4N3O2. The maximum absolute atomic E-state index is 13.9. The number of nitrogens with zero attached hydrogens (tertiary/aromatic N) is 3. The number of alkyl halides is 3. The van der Waals surface area contributed by atoms with E-state index in [1.165, 1.54) is 53.7 Å². The van der Waals surface area contributed by atoms with Crippen LogP contribution in [-0.4, -0.2) is 23.7 Å². The predicted octanol–water partition coefficient (Wildman–Crippen LogP) is 5.77. The summed E-state index contributed by atoms with van der Waals surface area (Å²) in [5.41, 5.74) is 0.380. The van der Waals surface area contributed by atoms with Gasteiger partial charge in [-0.1, -0.05) is 23.7 Å². The average Bonchev–Trinajstić information content (AvgIpc) is 3.64. The van der Waals surface area contributed by atoms with Gasteiger partial charge in [-0.3, -0.25) is 4.90 Å². The number of carbonyl (C=O) groups excluding carboxylic acids is 1. The second-order valence-corrected chi connectivity index (χ2v) is 9.28. The molecule has 0 radical (unpaired) electrons. The van der Waals surface area contributed by atoms with Gasteiger partial charge in [-0.2, -0.15) is 17.9 Å². The third-order valence-electron chi connectivity index (χ3n) is 6.55. The van der Waals surface area contributed by atoms with Gasteiger partial charge in [0.15, 0.2) is 12.4 Å². The molecule has 3 aromatic rings. The van der Waals surface area contributed by atoms with Crippen LogP contribution in [0.15, 0.2) is 67.0 Å². The molecule has 1 aromatic heterocycles. The summed E-state index contributed by atoms with van der Waals surface area (Å²) in [4.78, 5) is 16.0. The molecule has 0 saturated heterocycles. The lowest BCUT2D eigenvalue weighted by Gasteiger charge is -2.52. The van der Waals surface area contributed by atoms with E-state index in [0.717, 1.165) is 4.90 Å². The van der Waals surface area contributed by atoms with Crippen LogP contribution < -0.4 is 9.63 Å². The molecule has 2 amide bonds. The molecule has 35 heavy (non-hydrogen) atoms. The highest BCUT2D eigenvalue weighted by atomic mass is 35.5. The summed E-state index contributed by atoms with van der Waals surface area (Å²) < 4.78 is 56.2. The van der Waals surface area contributed by atoms with Crippen LogP contribution in [0.25, 0.3) is 0 Å². The van der Waals surface area contributed by atoms with Crippen molar-refractivity contribution in [3.05, 3.63) is 99.7 Å². The molecule has 2 aromatic carbocycles.